The van der Waals surface area contributed by atoms with E-state index >= 15 is 0 Å². The van der Waals surface area contributed by atoms with E-state index < -0.39 is 4.92 Å². The molecule has 0 atom stereocenters. The SMILES string of the molecule is O=[N+]([O-])c1ccc(NN=Cc2cn[nH]c2-c2ccccc2)cc1. The maximum Gasteiger partial charge on any atom is 0.269 e. The number of nitrogens with one attached hydrogen (secondary N) is 2. The van der Waals surface area contributed by atoms with Gasteiger partial charge in [0, 0.05) is 23.3 Å². The van der Waals surface area contributed by atoms with E-state index in [4.69, 9.17) is 0 Å². The van der Waals surface area contributed by atoms with Gasteiger partial charge in [0.2, 0.25) is 0 Å². The third-order valence-corrected chi connectivity index (χ3v) is 3.21. The summed E-state index contributed by atoms with van der Waals surface area (Å²) in [5.41, 5.74) is 6.27. The molecule has 2 aromatic carbocycles. The molecule has 1 aromatic heterocycles. The summed E-state index contributed by atoms with van der Waals surface area (Å²) < 4.78 is 0. The van der Waals surface area contributed by atoms with Crippen molar-refractivity contribution in [2.75, 3.05) is 5.43 Å². The number of rotatable bonds is 5. The Kier molecular flexibility index (Phi) is 4.10. The fraction of sp³-hybridized carbons (Fsp3) is 0. The number of aromatic amines is 1. The number of hydrazone groups is 1. The van der Waals surface area contributed by atoms with Crippen molar-refractivity contribution < 1.29 is 4.92 Å². The Morgan fingerprint density at radius 3 is 2.57 bits per heavy atom. The molecule has 0 saturated heterocycles. The lowest BCUT2D eigenvalue weighted by molar-refractivity contribution is -0.384. The summed E-state index contributed by atoms with van der Waals surface area (Å²) in [4.78, 5) is 10.2. The molecule has 1 heterocycles. The van der Waals surface area contributed by atoms with Crippen LogP contribution >= 0.6 is 0 Å². The second kappa shape index (κ2) is 6.52. The van der Waals surface area contributed by atoms with Crippen LogP contribution in [0.3, 0.4) is 0 Å². The molecule has 3 aromatic rings. The number of hydrogen-bond acceptors (Lipinski definition) is 5. The largest absolute Gasteiger partial charge is 0.278 e. The van der Waals surface area contributed by atoms with Crippen LogP contribution in [0.4, 0.5) is 11.4 Å². The second-order valence-corrected chi connectivity index (χ2v) is 4.74. The molecular weight excluding hydrogens is 294 g/mol. The lowest BCUT2D eigenvalue weighted by Gasteiger charge is -2.00. The van der Waals surface area contributed by atoms with Crippen LogP contribution in [0.5, 0.6) is 0 Å². The highest BCUT2D eigenvalue weighted by molar-refractivity contribution is 5.88. The number of nitro groups is 1. The van der Waals surface area contributed by atoms with E-state index in [1.807, 2.05) is 30.3 Å². The highest BCUT2D eigenvalue weighted by atomic mass is 16.6. The predicted molar refractivity (Wildman–Crippen MR) is 88.3 cm³/mol. The van der Waals surface area contributed by atoms with E-state index in [9.17, 15) is 10.1 Å². The highest BCUT2D eigenvalue weighted by Crippen LogP contribution is 2.19. The molecule has 0 spiro atoms. The molecule has 7 heteroatoms. The molecule has 3 rings (SSSR count). The van der Waals surface area contributed by atoms with E-state index in [0.29, 0.717) is 5.69 Å². The summed E-state index contributed by atoms with van der Waals surface area (Å²) in [6, 6.07) is 15.9. The molecule has 0 unspecified atom stereocenters. The molecule has 0 aliphatic heterocycles. The number of aromatic nitrogens is 2. The van der Waals surface area contributed by atoms with Crippen molar-refractivity contribution >= 4 is 17.6 Å². The molecule has 0 amide bonds. The van der Waals surface area contributed by atoms with Gasteiger partial charge in [-0.05, 0) is 12.1 Å². The summed E-state index contributed by atoms with van der Waals surface area (Å²) in [7, 11) is 0. The lowest BCUT2D eigenvalue weighted by Crippen LogP contribution is -1.92. The molecule has 23 heavy (non-hydrogen) atoms. The first-order valence-electron chi connectivity index (χ1n) is 6.86. The van der Waals surface area contributed by atoms with Crippen LogP contribution in [0.1, 0.15) is 5.56 Å². The van der Waals surface area contributed by atoms with E-state index in [1.165, 1.54) is 12.1 Å². The van der Waals surface area contributed by atoms with Gasteiger partial charge in [0.15, 0.2) is 0 Å². The topological polar surface area (TPSA) is 96.2 Å². The zero-order chi connectivity index (χ0) is 16.1. The smallest absolute Gasteiger partial charge is 0.269 e. The van der Waals surface area contributed by atoms with E-state index in [2.05, 4.69) is 20.7 Å². The first-order valence-corrected chi connectivity index (χ1v) is 6.86. The molecule has 0 aliphatic carbocycles. The van der Waals surface area contributed by atoms with Crippen molar-refractivity contribution in [1.82, 2.24) is 10.2 Å². The Morgan fingerprint density at radius 1 is 1.13 bits per heavy atom. The van der Waals surface area contributed by atoms with Crippen molar-refractivity contribution in [2.45, 2.75) is 0 Å². The molecular formula is C16H13N5O2. The summed E-state index contributed by atoms with van der Waals surface area (Å²) >= 11 is 0. The standard InChI is InChI=1S/C16H13N5O2/c22-21(23)15-8-6-14(7-9-15)19-17-10-13-11-18-20-16(13)12-4-2-1-3-5-12/h1-11,19H,(H,18,20). The molecule has 7 nitrogen and oxygen atoms in total. The normalized spacial score (nSPS) is 10.8. The van der Waals surface area contributed by atoms with Gasteiger partial charge in [-0.2, -0.15) is 10.2 Å². The average molecular weight is 307 g/mol. The minimum absolute atomic E-state index is 0.0423. The summed E-state index contributed by atoms with van der Waals surface area (Å²) in [6.45, 7) is 0. The Hall–Kier alpha value is -3.48. The molecule has 0 bridgehead atoms. The average Bonchev–Trinajstić information content (AvgIpc) is 3.05. The van der Waals surface area contributed by atoms with Gasteiger partial charge in [-0.3, -0.25) is 20.6 Å². The third kappa shape index (κ3) is 3.41. The molecule has 0 aliphatic rings. The quantitative estimate of drug-likeness (QED) is 0.429. The van der Waals surface area contributed by atoms with Gasteiger partial charge in [0.05, 0.1) is 28.7 Å². The van der Waals surface area contributed by atoms with Gasteiger partial charge < -0.3 is 0 Å². The highest BCUT2D eigenvalue weighted by Gasteiger charge is 2.05. The molecule has 114 valence electrons. The monoisotopic (exact) mass is 307 g/mol. The van der Waals surface area contributed by atoms with Gasteiger partial charge >= 0.3 is 0 Å². The Bertz CT molecular complexity index is 825. The zero-order valence-electron chi connectivity index (χ0n) is 12.0. The fourth-order valence-electron chi connectivity index (χ4n) is 2.06. The first-order chi connectivity index (χ1) is 11.2. The number of nitrogens with zero attached hydrogens (tertiary/aromatic N) is 3. The van der Waals surface area contributed by atoms with Crippen molar-refractivity contribution in [1.29, 1.82) is 0 Å². The van der Waals surface area contributed by atoms with Gasteiger partial charge in [0.1, 0.15) is 0 Å². The third-order valence-electron chi connectivity index (χ3n) is 3.21. The van der Waals surface area contributed by atoms with Gasteiger partial charge in [-0.1, -0.05) is 30.3 Å². The second-order valence-electron chi connectivity index (χ2n) is 4.74. The minimum Gasteiger partial charge on any atom is -0.278 e. The number of benzene rings is 2. The number of non-ortho nitro benzene ring substituents is 1. The maximum atomic E-state index is 10.6. The van der Waals surface area contributed by atoms with Crippen LogP contribution in [0, 0.1) is 10.1 Å². The number of nitro benzene ring substituents is 1. The fourth-order valence-corrected chi connectivity index (χ4v) is 2.06. The van der Waals surface area contributed by atoms with Crippen molar-refractivity contribution in [3.8, 4) is 11.3 Å². The van der Waals surface area contributed by atoms with Crippen LogP contribution in [-0.2, 0) is 0 Å². The van der Waals surface area contributed by atoms with Crippen LogP contribution in [0.25, 0.3) is 11.3 Å². The lowest BCUT2D eigenvalue weighted by atomic mass is 10.1. The minimum atomic E-state index is -0.440. The summed E-state index contributed by atoms with van der Waals surface area (Å²) in [5.74, 6) is 0. The Balaban J connectivity index is 1.72. The van der Waals surface area contributed by atoms with E-state index in [0.717, 1.165) is 16.8 Å². The number of anilines is 1. The van der Waals surface area contributed by atoms with Gasteiger partial charge in [-0.15, -0.1) is 0 Å². The van der Waals surface area contributed by atoms with Crippen LogP contribution < -0.4 is 5.43 Å². The van der Waals surface area contributed by atoms with Gasteiger partial charge in [-0.25, -0.2) is 0 Å². The molecule has 0 saturated carbocycles. The van der Waals surface area contributed by atoms with Crippen LogP contribution in [-0.4, -0.2) is 21.3 Å². The predicted octanol–water partition coefficient (Wildman–Crippen LogP) is 3.43. The Morgan fingerprint density at radius 2 is 1.87 bits per heavy atom. The van der Waals surface area contributed by atoms with Crippen LogP contribution in [0.2, 0.25) is 0 Å². The van der Waals surface area contributed by atoms with Crippen molar-refractivity contribution in [3.63, 3.8) is 0 Å². The summed E-state index contributed by atoms with van der Waals surface area (Å²) in [5, 5.41) is 21.7. The Labute approximate surface area is 131 Å². The van der Waals surface area contributed by atoms with E-state index in [-0.39, 0.29) is 5.69 Å². The first kappa shape index (κ1) is 14.5. The number of H-pyrrole nitrogens is 1. The van der Waals surface area contributed by atoms with Crippen molar-refractivity contribution in [3.05, 3.63) is 76.5 Å². The zero-order valence-corrected chi connectivity index (χ0v) is 12.0. The molecule has 0 radical (unpaired) electrons. The maximum absolute atomic E-state index is 10.6. The molecule has 2 N–H and O–H groups in total. The van der Waals surface area contributed by atoms with Gasteiger partial charge in [0.25, 0.3) is 5.69 Å². The molecule has 0 fully saturated rings. The van der Waals surface area contributed by atoms with Crippen LogP contribution in [0.15, 0.2) is 65.9 Å². The summed E-state index contributed by atoms with van der Waals surface area (Å²) in [6.07, 6.45) is 3.33. The number of hydrogen-bond donors (Lipinski definition) is 2. The van der Waals surface area contributed by atoms with E-state index in [1.54, 1.807) is 24.5 Å². The van der Waals surface area contributed by atoms with Crippen molar-refractivity contribution in [2.24, 2.45) is 5.10 Å².